The SMILES string of the molecule is CCC(c1ccccc1)n1nncc1CCCC(C)C. The number of aromatic nitrogens is 3. The average Bonchev–Trinajstić information content (AvgIpc) is 2.89. The fourth-order valence-corrected chi connectivity index (χ4v) is 2.62. The van der Waals surface area contributed by atoms with Gasteiger partial charge in [0.15, 0.2) is 0 Å². The first-order valence-corrected chi connectivity index (χ1v) is 7.66. The smallest absolute Gasteiger partial charge is 0.0786 e. The number of hydrogen-bond donors (Lipinski definition) is 0. The normalized spacial score (nSPS) is 12.8. The number of benzene rings is 1. The molecule has 1 aromatic heterocycles. The Balaban J connectivity index is 2.13. The molecule has 2 rings (SSSR count). The number of hydrogen-bond acceptors (Lipinski definition) is 2. The lowest BCUT2D eigenvalue weighted by Gasteiger charge is -2.18. The minimum absolute atomic E-state index is 0.299. The Bertz CT molecular complexity index is 502. The number of aryl methyl sites for hydroxylation is 1. The van der Waals surface area contributed by atoms with Gasteiger partial charge in [-0.2, -0.15) is 0 Å². The van der Waals surface area contributed by atoms with Gasteiger partial charge in [0.05, 0.1) is 17.9 Å². The van der Waals surface area contributed by atoms with Gasteiger partial charge in [0.1, 0.15) is 0 Å². The summed E-state index contributed by atoms with van der Waals surface area (Å²) in [6.07, 6.45) is 6.48. The van der Waals surface area contributed by atoms with E-state index in [2.05, 4.69) is 66.1 Å². The molecule has 0 saturated carbocycles. The topological polar surface area (TPSA) is 30.7 Å². The van der Waals surface area contributed by atoms with E-state index in [9.17, 15) is 0 Å². The highest BCUT2D eigenvalue weighted by Gasteiger charge is 2.15. The van der Waals surface area contributed by atoms with Crippen molar-refractivity contribution in [1.29, 1.82) is 0 Å². The fraction of sp³-hybridized carbons (Fsp3) is 0.529. The van der Waals surface area contributed by atoms with Crippen LogP contribution in [0.1, 0.15) is 57.3 Å². The molecule has 20 heavy (non-hydrogen) atoms. The lowest BCUT2D eigenvalue weighted by Crippen LogP contribution is -2.14. The van der Waals surface area contributed by atoms with Gasteiger partial charge in [-0.3, -0.25) is 0 Å². The summed E-state index contributed by atoms with van der Waals surface area (Å²) in [4.78, 5) is 0. The van der Waals surface area contributed by atoms with Crippen LogP contribution in [0, 0.1) is 5.92 Å². The molecule has 1 aromatic carbocycles. The van der Waals surface area contributed by atoms with Gasteiger partial charge >= 0.3 is 0 Å². The molecule has 0 N–H and O–H groups in total. The molecule has 0 amide bonds. The van der Waals surface area contributed by atoms with Crippen LogP contribution >= 0.6 is 0 Å². The quantitative estimate of drug-likeness (QED) is 0.753. The molecule has 0 spiro atoms. The van der Waals surface area contributed by atoms with Crippen molar-refractivity contribution < 1.29 is 0 Å². The van der Waals surface area contributed by atoms with Crippen LogP contribution in [-0.2, 0) is 6.42 Å². The molecule has 0 aliphatic carbocycles. The van der Waals surface area contributed by atoms with Crippen molar-refractivity contribution in [3.63, 3.8) is 0 Å². The Morgan fingerprint density at radius 1 is 1.15 bits per heavy atom. The zero-order chi connectivity index (χ0) is 14.4. The molecule has 0 radical (unpaired) electrons. The molecule has 1 unspecified atom stereocenters. The molecular weight excluding hydrogens is 246 g/mol. The second kappa shape index (κ2) is 7.22. The summed E-state index contributed by atoms with van der Waals surface area (Å²) in [5.74, 6) is 0.760. The molecule has 0 saturated heterocycles. The predicted molar refractivity (Wildman–Crippen MR) is 82.7 cm³/mol. The minimum Gasteiger partial charge on any atom is -0.242 e. The maximum absolute atomic E-state index is 4.33. The summed E-state index contributed by atoms with van der Waals surface area (Å²) in [5.41, 5.74) is 2.56. The highest BCUT2D eigenvalue weighted by Crippen LogP contribution is 2.23. The lowest BCUT2D eigenvalue weighted by molar-refractivity contribution is 0.465. The summed E-state index contributed by atoms with van der Waals surface area (Å²) < 4.78 is 2.11. The van der Waals surface area contributed by atoms with Crippen LogP contribution in [0.3, 0.4) is 0 Å². The van der Waals surface area contributed by atoms with E-state index >= 15 is 0 Å². The first-order chi connectivity index (χ1) is 9.72. The van der Waals surface area contributed by atoms with Gasteiger partial charge < -0.3 is 0 Å². The summed E-state index contributed by atoms with van der Waals surface area (Å²) in [6.45, 7) is 6.75. The summed E-state index contributed by atoms with van der Waals surface area (Å²) >= 11 is 0. The van der Waals surface area contributed by atoms with Crippen molar-refractivity contribution >= 4 is 0 Å². The van der Waals surface area contributed by atoms with Crippen LogP contribution < -0.4 is 0 Å². The van der Waals surface area contributed by atoms with Gasteiger partial charge in [-0.25, -0.2) is 4.68 Å². The molecule has 2 aromatic rings. The fourth-order valence-electron chi connectivity index (χ4n) is 2.62. The molecular formula is C17H25N3. The van der Waals surface area contributed by atoms with Crippen LogP contribution in [0.5, 0.6) is 0 Å². The van der Waals surface area contributed by atoms with Crippen LogP contribution in [0.2, 0.25) is 0 Å². The summed E-state index contributed by atoms with van der Waals surface area (Å²) in [7, 11) is 0. The van der Waals surface area contributed by atoms with E-state index in [-0.39, 0.29) is 0 Å². The molecule has 0 aliphatic heterocycles. The molecule has 108 valence electrons. The highest BCUT2D eigenvalue weighted by molar-refractivity contribution is 5.20. The summed E-state index contributed by atoms with van der Waals surface area (Å²) in [6, 6.07) is 10.9. The largest absolute Gasteiger partial charge is 0.242 e. The van der Waals surface area contributed by atoms with Crippen molar-refractivity contribution in [3.05, 3.63) is 47.8 Å². The second-order valence-electron chi connectivity index (χ2n) is 5.79. The molecule has 0 fully saturated rings. The minimum atomic E-state index is 0.299. The van der Waals surface area contributed by atoms with Crippen molar-refractivity contribution in [2.75, 3.05) is 0 Å². The number of rotatable bonds is 7. The molecule has 3 heteroatoms. The monoisotopic (exact) mass is 271 g/mol. The van der Waals surface area contributed by atoms with Crippen LogP contribution in [-0.4, -0.2) is 15.0 Å². The lowest BCUT2D eigenvalue weighted by atomic mass is 10.0. The van der Waals surface area contributed by atoms with Crippen LogP contribution in [0.4, 0.5) is 0 Å². The van der Waals surface area contributed by atoms with E-state index in [1.54, 1.807) is 0 Å². The molecule has 1 atom stereocenters. The van der Waals surface area contributed by atoms with Gasteiger partial charge in [-0.1, -0.05) is 62.7 Å². The van der Waals surface area contributed by atoms with Gasteiger partial charge in [-0.15, -0.1) is 5.10 Å². The van der Waals surface area contributed by atoms with E-state index in [0.717, 1.165) is 18.8 Å². The van der Waals surface area contributed by atoms with Gasteiger partial charge in [0.25, 0.3) is 0 Å². The van der Waals surface area contributed by atoms with Gasteiger partial charge in [0.2, 0.25) is 0 Å². The first-order valence-electron chi connectivity index (χ1n) is 7.66. The zero-order valence-electron chi connectivity index (χ0n) is 12.8. The summed E-state index contributed by atoms with van der Waals surface area (Å²) in [5, 5.41) is 8.46. The maximum atomic E-state index is 4.33. The van der Waals surface area contributed by atoms with Crippen LogP contribution in [0.25, 0.3) is 0 Å². The van der Waals surface area contributed by atoms with Gasteiger partial charge in [0, 0.05) is 0 Å². The number of nitrogens with zero attached hydrogens (tertiary/aromatic N) is 3. The Kier molecular flexibility index (Phi) is 5.33. The van der Waals surface area contributed by atoms with Crippen molar-refractivity contribution in [1.82, 2.24) is 15.0 Å². The highest BCUT2D eigenvalue weighted by atomic mass is 15.4. The third-order valence-electron chi connectivity index (χ3n) is 3.73. The maximum Gasteiger partial charge on any atom is 0.0786 e. The Labute approximate surface area is 122 Å². The van der Waals surface area contributed by atoms with E-state index in [1.807, 2.05) is 6.20 Å². The van der Waals surface area contributed by atoms with E-state index in [4.69, 9.17) is 0 Å². The first kappa shape index (κ1) is 14.8. The molecule has 0 aliphatic rings. The van der Waals surface area contributed by atoms with Gasteiger partial charge in [-0.05, 0) is 30.7 Å². The Morgan fingerprint density at radius 2 is 1.90 bits per heavy atom. The Morgan fingerprint density at radius 3 is 2.55 bits per heavy atom. The molecule has 0 bridgehead atoms. The standard InChI is InChI=1S/C17H25N3/c1-4-17(15-10-6-5-7-11-15)20-16(13-18-19-20)12-8-9-14(2)3/h5-7,10-11,13-14,17H,4,8-9,12H2,1-3H3. The third-order valence-corrected chi connectivity index (χ3v) is 3.73. The average molecular weight is 271 g/mol. The molecule has 3 nitrogen and oxygen atoms in total. The van der Waals surface area contributed by atoms with E-state index < -0.39 is 0 Å². The van der Waals surface area contributed by atoms with Crippen molar-refractivity contribution in [2.24, 2.45) is 5.92 Å². The second-order valence-corrected chi connectivity index (χ2v) is 5.79. The Hall–Kier alpha value is -1.64. The predicted octanol–water partition coefficient (Wildman–Crippen LogP) is 4.26. The zero-order valence-corrected chi connectivity index (χ0v) is 12.8. The third kappa shape index (κ3) is 3.69. The van der Waals surface area contributed by atoms with E-state index in [0.29, 0.717) is 6.04 Å². The van der Waals surface area contributed by atoms with Crippen LogP contribution in [0.15, 0.2) is 36.5 Å². The van der Waals surface area contributed by atoms with E-state index in [1.165, 1.54) is 24.1 Å². The van der Waals surface area contributed by atoms with Crippen molar-refractivity contribution in [3.8, 4) is 0 Å². The van der Waals surface area contributed by atoms with Crippen molar-refractivity contribution in [2.45, 2.75) is 52.5 Å². The molecule has 1 heterocycles.